The number of hydrogen-bond donors (Lipinski definition) is 0. The molecule has 0 N–H and O–H groups in total. The normalized spacial score (nSPS) is 19.2. The summed E-state index contributed by atoms with van der Waals surface area (Å²) in [5.74, 6) is -0.575. The molecule has 1 atom stereocenters. The fraction of sp³-hybridized carbons (Fsp3) is 1.00. The second-order valence-corrected chi connectivity index (χ2v) is 5.97. The zero-order valence-electron chi connectivity index (χ0n) is 3.72. The Hall–Kier alpha value is 1.26. The van der Waals surface area contributed by atoms with E-state index in [2.05, 4.69) is 26.8 Å². The van der Waals surface area contributed by atoms with E-state index in [1.807, 2.05) is 0 Å². The lowest BCUT2D eigenvalue weighted by molar-refractivity contribution is 1.52. The molecule has 0 fully saturated rings. The Kier molecular flexibility index (Phi) is 4.65. The first-order valence-electron chi connectivity index (χ1n) is 1.46. The minimum atomic E-state index is -0.575. The summed E-state index contributed by atoms with van der Waals surface area (Å²) in [6, 6.07) is 0. The molecule has 0 saturated carbocycles. The molecule has 0 aliphatic carbocycles. The molecular formula is CH4INP2. The molecule has 0 radical (unpaired) electrons. The number of nitrogens with zero attached hydrogens (tertiary/aromatic N) is 1. The van der Waals surface area contributed by atoms with Crippen molar-refractivity contribution in [2.45, 2.75) is 0 Å². The summed E-state index contributed by atoms with van der Waals surface area (Å²) in [5, 5.41) is 0. The van der Waals surface area contributed by atoms with Gasteiger partial charge in [0.2, 0.25) is 0 Å². The molecule has 0 amide bonds. The molecule has 0 saturated heterocycles. The van der Waals surface area contributed by atoms with E-state index in [1.54, 1.807) is 7.05 Å². The van der Waals surface area contributed by atoms with Gasteiger partial charge < -0.3 is 0 Å². The van der Waals surface area contributed by atoms with Gasteiger partial charge in [-0.3, -0.25) is 4.74 Å². The zero-order valence-corrected chi connectivity index (χ0v) is 6.67. The summed E-state index contributed by atoms with van der Waals surface area (Å²) in [4.78, 5) is 0. The van der Waals surface area contributed by atoms with Gasteiger partial charge in [0, 0.05) is 21.0 Å². The highest BCUT2D eigenvalue weighted by molar-refractivity contribution is 14.2. The number of rotatable bonds is 1. The first-order valence-corrected chi connectivity index (χ1v) is 6.25. The van der Waals surface area contributed by atoms with Crippen LogP contribution >= 0.6 is 36.0 Å². The van der Waals surface area contributed by atoms with Crippen LogP contribution in [0.5, 0.6) is 0 Å². The van der Waals surface area contributed by atoms with E-state index in [0.717, 1.165) is 8.06 Å². The summed E-state index contributed by atoms with van der Waals surface area (Å²) in [7, 11) is 2.65. The Labute approximate surface area is 49.3 Å². The van der Waals surface area contributed by atoms with E-state index in [4.69, 9.17) is 1.28 Å². The maximum atomic E-state index is 6.92. The van der Waals surface area contributed by atoms with E-state index in [1.165, 1.54) is 0 Å². The monoisotopic (exact) mass is 221 g/mol. The average Bonchev–Trinajstić information content (AvgIpc) is 1.35. The van der Waals surface area contributed by atoms with Gasteiger partial charge >= 0.3 is 0 Å². The molecule has 0 rings (SSSR count). The summed E-state index contributed by atoms with van der Waals surface area (Å²) < 4.78 is 10.7. The second kappa shape index (κ2) is 5.26. The van der Waals surface area contributed by atoms with Gasteiger partial charge in [0.25, 0.3) is 0 Å². The third-order valence-corrected chi connectivity index (χ3v) is 2.85. The van der Waals surface area contributed by atoms with Gasteiger partial charge in [0.1, 0.15) is 0 Å². The van der Waals surface area contributed by atoms with Gasteiger partial charge in [-0.2, -0.15) is 0 Å². The van der Waals surface area contributed by atoms with Crippen LogP contribution in [0, 0.1) is 0 Å². The fourth-order valence-corrected chi connectivity index (χ4v) is 2.04. The van der Waals surface area contributed by atoms with E-state index in [9.17, 15) is 0 Å². The SMILES string of the molecule is [3H]P(I)P=NC. The minimum Gasteiger partial charge on any atom is -0.267 e. The van der Waals surface area contributed by atoms with Crippen LogP contribution in [-0.2, 0) is 0 Å². The van der Waals surface area contributed by atoms with Crippen molar-refractivity contribution in [3.8, 4) is 0 Å². The Balaban J connectivity index is 3.03. The molecule has 0 aliphatic rings. The summed E-state index contributed by atoms with van der Waals surface area (Å²) >= 11 is 2.07. The second-order valence-electron chi connectivity index (χ2n) is 0.365. The maximum Gasteiger partial charge on any atom is 0.0800 e. The van der Waals surface area contributed by atoms with Crippen LogP contribution in [0.25, 0.3) is 0 Å². The van der Waals surface area contributed by atoms with E-state index in [0.29, 0.717) is 0 Å². The maximum absolute atomic E-state index is 6.92. The number of hydrogen-bond acceptors (Lipinski definition) is 1. The predicted octanol–water partition coefficient (Wildman–Crippen LogP) is 2.69. The minimum absolute atomic E-state index is 0.575. The molecule has 0 aromatic rings. The average molecular weight is 221 g/mol. The highest BCUT2D eigenvalue weighted by Crippen LogP contribution is 2.36. The van der Waals surface area contributed by atoms with Crippen LogP contribution in [0.1, 0.15) is 0 Å². The van der Waals surface area contributed by atoms with Crippen molar-refractivity contribution in [1.29, 1.82) is 1.28 Å². The third kappa shape index (κ3) is 5.26. The summed E-state index contributed by atoms with van der Waals surface area (Å²) in [6.07, 6.45) is 0. The standard InChI is InChI=1S/CH4INP2/c1-3-5-4-2/h4H,1H3/i4T. The molecular weight excluding hydrogens is 215 g/mol. The van der Waals surface area contributed by atoms with Gasteiger partial charge in [-0.1, -0.05) is 0 Å². The van der Waals surface area contributed by atoms with Gasteiger partial charge in [-0.05, 0) is 22.0 Å². The fourth-order valence-electron chi connectivity index (χ4n) is 0.0338. The first-order chi connectivity index (χ1) is 2.77. The van der Waals surface area contributed by atoms with Crippen LogP contribution in [-0.4, -0.2) is 8.33 Å². The molecule has 0 aromatic heterocycles. The molecule has 30 valence electrons. The van der Waals surface area contributed by atoms with Crippen molar-refractivity contribution in [1.82, 2.24) is 0 Å². The van der Waals surface area contributed by atoms with Crippen LogP contribution in [0.3, 0.4) is 0 Å². The van der Waals surface area contributed by atoms with Crippen LogP contribution in [0.15, 0.2) is 4.74 Å². The lowest BCUT2D eigenvalue weighted by atomic mass is 11.6. The first kappa shape index (κ1) is 4.42. The van der Waals surface area contributed by atoms with Crippen molar-refractivity contribution in [2.75, 3.05) is 7.05 Å². The van der Waals surface area contributed by atoms with Crippen molar-refractivity contribution >= 4 is 36.0 Å². The molecule has 0 bridgehead atoms. The van der Waals surface area contributed by atoms with Gasteiger partial charge in [0.15, 0.2) is 0 Å². The molecule has 1 unspecified atom stereocenters. The third-order valence-electron chi connectivity index (χ3n) is 0.123. The lowest BCUT2D eigenvalue weighted by Crippen LogP contribution is -1.19. The molecule has 0 heterocycles. The van der Waals surface area contributed by atoms with Gasteiger partial charge in [0.05, 0.1) is 1.28 Å². The molecule has 4 heteroatoms. The number of halogens is 1. The van der Waals surface area contributed by atoms with Crippen LogP contribution in [0.4, 0.5) is 0 Å². The van der Waals surface area contributed by atoms with Crippen LogP contribution < -0.4 is 0 Å². The predicted molar refractivity (Wildman–Crippen MR) is 37.6 cm³/mol. The topological polar surface area (TPSA) is 12.4 Å². The van der Waals surface area contributed by atoms with Crippen molar-refractivity contribution in [3.05, 3.63) is 0 Å². The molecule has 0 aliphatic heterocycles. The summed E-state index contributed by atoms with van der Waals surface area (Å²) in [6.45, 7) is 0. The highest BCUT2D eigenvalue weighted by Gasteiger charge is 1.56. The van der Waals surface area contributed by atoms with Crippen molar-refractivity contribution in [2.24, 2.45) is 4.74 Å². The molecule has 1 nitrogen and oxygen atoms in total. The van der Waals surface area contributed by atoms with E-state index in [-0.39, 0.29) is 0 Å². The lowest BCUT2D eigenvalue weighted by Gasteiger charge is -1.62. The largest absolute Gasteiger partial charge is 0.267 e. The Bertz CT molecular complexity index is 55.5. The van der Waals surface area contributed by atoms with Gasteiger partial charge in [-0.25, -0.2) is 0 Å². The Morgan fingerprint density at radius 1 is 2.40 bits per heavy atom. The van der Waals surface area contributed by atoms with Crippen LogP contribution in [0.2, 0.25) is 0 Å². The quantitative estimate of drug-likeness (QED) is 0.476. The zero-order chi connectivity index (χ0) is 4.99. The Morgan fingerprint density at radius 3 is 3.00 bits per heavy atom. The summed E-state index contributed by atoms with van der Waals surface area (Å²) in [5.41, 5.74) is 0. The molecule has 5 heavy (non-hydrogen) atoms. The van der Waals surface area contributed by atoms with E-state index < -0.39 is 5.86 Å². The van der Waals surface area contributed by atoms with E-state index >= 15 is 0 Å². The Morgan fingerprint density at radius 2 is 3.00 bits per heavy atom. The van der Waals surface area contributed by atoms with Crippen molar-refractivity contribution in [3.63, 3.8) is 0 Å². The smallest absolute Gasteiger partial charge is 0.0800 e. The van der Waals surface area contributed by atoms with Crippen molar-refractivity contribution < 1.29 is 0 Å². The van der Waals surface area contributed by atoms with Gasteiger partial charge in [-0.15, -0.1) is 0 Å². The molecule has 0 spiro atoms. The highest BCUT2D eigenvalue weighted by atomic mass is 127. The molecule has 0 aromatic carbocycles.